The van der Waals surface area contributed by atoms with Gasteiger partial charge in [-0.25, -0.2) is 14.2 Å². The Hall–Kier alpha value is -2.63. The summed E-state index contributed by atoms with van der Waals surface area (Å²) in [5.74, 6) is 0.944. The minimum absolute atomic E-state index is 0.150. The van der Waals surface area contributed by atoms with Crippen LogP contribution >= 0.6 is 22.7 Å². The first-order valence-electron chi connectivity index (χ1n) is 8.61. The molecule has 0 radical (unpaired) electrons. The van der Waals surface area contributed by atoms with Gasteiger partial charge in [0, 0.05) is 27.6 Å². The molecule has 0 saturated heterocycles. The number of fused-ring (bicyclic) bond motifs is 1. The Morgan fingerprint density at radius 2 is 2.10 bits per heavy atom. The Labute approximate surface area is 175 Å². The van der Waals surface area contributed by atoms with Gasteiger partial charge in [-0.2, -0.15) is 14.1 Å². The average Bonchev–Trinajstić information content (AvgIpc) is 3.36. The van der Waals surface area contributed by atoms with E-state index in [9.17, 15) is 9.00 Å². The molecule has 0 aliphatic rings. The molecule has 11 heteroatoms. The smallest absolute Gasteiger partial charge is 0.262 e. The fourth-order valence-electron chi connectivity index (χ4n) is 2.74. The molecular weight excluding hydrogens is 428 g/mol. The van der Waals surface area contributed by atoms with E-state index in [-0.39, 0.29) is 11.9 Å². The molecule has 1 atom stereocenters. The lowest BCUT2D eigenvalue weighted by Gasteiger charge is -2.13. The van der Waals surface area contributed by atoms with Gasteiger partial charge < -0.3 is 5.32 Å². The van der Waals surface area contributed by atoms with Gasteiger partial charge in [-0.05, 0) is 36.6 Å². The van der Waals surface area contributed by atoms with Gasteiger partial charge in [0.25, 0.3) is 5.91 Å². The van der Waals surface area contributed by atoms with E-state index in [0.29, 0.717) is 22.2 Å². The van der Waals surface area contributed by atoms with Crippen LogP contribution in [0.4, 0.5) is 5.69 Å². The van der Waals surface area contributed by atoms with Crippen molar-refractivity contribution in [3.8, 4) is 5.82 Å². The summed E-state index contributed by atoms with van der Waals surface area (Å²) >= 11 is 3.10. The molecule has 0 spiro atoms. The predicted octanol–water partition coefficient (Wildman–Crippen LogP) is 3.79. The van der Waals surface area contributed by atoms with Crippen molar-refractivity contribution < 1.29 is 9.00 Å². The first-order valence-corrected chi connectivity index (χ1v) is 12.6. The van der Waals surface area contributed by atoms with Crippen molar-refractivity contribution >= 4 is 53.4 Å². The third-order valence-electron chi connectivity index (χ3n) is 3.95. The third-order valence-corrected chi connectivity index (χ3v) is 6.81. The summed E-state index contributed by atoms with van der Waals surface area (Å²) in [7, 11) is -2.26. The molecule has 0 fully saturated rings. The SMILES string of the molecule is C[C@H](NC(=O)c1cc2ccsc2s1)c1ncnn1-c1ccc(N=S(C)(C)=O)cn1. The fraction of sp³-hybridized carbons (Fsp3) is 0.222. The number of carbonyl (C=O) groups is 1. The van der Waals surface area contributed by atoms with E-state index in [2.05, 4.69) is 24.7 Å². The predicted molar refractivity (Wildman–Crippen MR) is 117 cm³/mol. The molecule has 0 bridgehead atoms. The molecule has 0 aliphatic heterocycles. The standard InChI is InChI=1S/C18H18N6O2S3/c1-11(22-17(25)14-8-12-6-7-27-18(12)28-14)16-20-10-21-24(16)15-5-4-13(9-19-15)23-29(2,3)26/h4-11H,1-3H3,(H,22,25)/t11-/m0/s1. The Bertz CT molecular complexity index is 1260. The number of nitrogens with zero attached hydrogens (tertiary/aromatic N) is 5. The Morgan fingerprint density at radius 1 is 1.28 bits per heavy atom. The van der Waals surface area contributed by atoms with Crippen molar-refractivity contribution in [2.75, 3.05) is 12.5 Å². The molecule has 1 amide bonds. The largest absolute Gasteiger partial charge is 0.342 e. The quantitative estimate of drug-likeness (QED) is 0.502. The van der Waals surface area contributed by atoms with Gasteiger partial charge >= 0.3 is 0 Å². The van der Waals surface area contributed by atoms with Gasteiger partial charge in [-0.3, -0.25) is 4.79 Å². The van der Waals surface area contributed by atoms with Crippen LogP contribution in [0, 0.1) is 0 Å². The first-order chi connectivity index (χ1) is 13.8. The van der Waals surface area contributed by atoms with Gasteiger partial charge in [0.15, 0.2) is 11.6 Å². The first kappa shape index (κ1) is 19.7. The van der Waals surface area contributed by atoms with Crippen LogP contribution in [0.3, 0.4) is 0 Å². The summed E-state index contributed by atoms with van der Waals surface area (Å²) in [5, 5.41) is 10.3. The maximum Gasteiger partial charge on any atom is 0.262 e. The second kappa shape index (κ2) is 7.65. The Kier molecular flexibility index (Phi) is 5.19. The van der Waals surface area contributed by atoms with Crippen LogP contribution in [0.5, 0.6) is 0 Å². The van der Waals surface area contributed by atoms with E-state index in [1.54, 1.807) is 40.7 Å². The molecule has 29 heavy (non-hydrogen) atoms. The lowest BCUT2D eigenvalue weighted by Crippen LogP contribution is -2.28. The summed E-state index contributed by atoms with van der Waals surface area (Å²) in [5.41, 5.74) is 0.532. The second-order valence-electron chi connectivity index (χ2n) is 6.65. The summed E-state index contributed by atoms with van der Waals surface area (Å²) in [6.45, 7) is 1.85. The third kappa shape index (κ3) is 4.36. The lowest BCUT2D eigenvalue weighted by atomic mass is 10.3. The van der Waals surface area contributed by atoms with Crippen LogP contribution in [-0.2, 0) is 9.73 Å². The lowest BCUT2D eigenvalue weighted by molar-refractivity contribution is 0.0942. The molecule has 0 aromatic carbocycles. The summed E-state index contributed by atoms with van der Waals surface area (Å²) in [6, 6.07) is 6.98. The molecular formula is C18H18N6O2S3. The summed E-state index contributed by atoms with van der Waals surface area (Å²) < 4.78 is 18.6. The molecule has 8 nitrogen and oxygen atoms in total. The second-order valence-corrected chi connectivity index (χ2v) is 11.4. The molecule has 0 aliphatic carbocycles. The van der Waals surface area contributed by atoms with Gasteiger partial charge in [-0.1, -0.05) is 0 Å². The number of hydrogen-bond donors (Lipinski definition) is 1. The highest BCUT2D eigenvalue weighted by Gasteiger charge is 2.19. The van der Waals surface area contributed by atoms with E-state index in [4.69, 9.17) is 0 Å². The number of amides is 1. The van der Waals surface area contributed by atoms with Crippen LogP contribution in [0.15, 0.2) is 46.5 Å². The van der Waals surface area contributed by atoms with E-state index in [1.165, 1.54) is 23.9 Å². The maximum absolute atomic E-state index is 12.6. The summed E-state index contributed by atoms with van der Waals surface area (Å²) in [6.07, 6.45) is 6.09. The topological polar surface area (TPSA) is 102 Å². The highest BCUT2D eigenvalue weighted by Crippen LogP contribution is 2.30. The zero-order valence-corrected chi connectivity index (χ0v) is 18.3. The molecule has 0 unspecified atom stereocenters. The molecule has 4 aromatic heterocycles. The van der Waals surface area contributed by atoms with E-state index >= 15 is 0 Å². The molecule has 4 heterocycles. The van der Waals surface area contributed by atoms with Crippen LogP contribution in [0.25, 0.3) is 15.2 Å². The molecule has 0 saturated carbocycles. The van der Waals surface area contributed by atoms with Gasteiger partial charge in [-0.15, -0.1) is 22.7 Å². The van der Waals surface area contributed by atoms with Crippen molar-refractivity contribution in [1.82, 2.24) is 25.1 Å². The number of rotatable bonds is 5. The van der Waals surface area contributed by atoms with Crippen molar-refractivity contribution in [3.05, 3.63) is 52.9 Å². The molecule has 150 valence electrons. The maximum atomic E-state index is 12.6. The van der Waals surface area contributed by atoms with Crippen molar-refractivity contribution in [2.24, 2.45) is 4.36 Å². The van der Waals surface area contributed by atoms with Gasteiger partial charge in [0.1, 0.15) is 6.33 Å². The highest BCUT2D eigenvalue weighted by molar-refractivity contribution is 7.92. The number of nitrogens with one attached hydrogen (secondary N) is 1. The molecule has 4 aromatic rings. The van der Waals surface area contributed by atoms with E-state index in [1.807, 2.05) is 24.4 Å². The Balaban J connectivity index is 1.54. The number of thiophene rings is 2. The summed E-state index contributed by atoms with van der Waals surface area (Å²) in [4.78, 5) is 21.9. The normalized spacial score (nSPS) is 12.8. The Morgan fingerprint density at radius 3 is 2.79 bits per heavy atom. The number of pyridine rings is 1. The number of carbonyl (C=O) groups excluding carboxylic acids is 1. The van der Waals surface area contributed by atoms with E-state index in [0.717, 1.165) is 9.40 Å². The fourth-order valence-corrected chi connectivity index (χ4v) is 5.37. The zero-order chi connectivity index (χ0) is 20.6. The van der Waals surface area contributed by atoms with Gasteiger partial charge in [0.05, 0.1) is 26.8 Å². The van der Waals surface area contributed by atoms with Crippen LogP contribution in [0.1, 0.15) is 28.5 Å². The van der Waals surface area contributed by atoms with Gasteiger partial charge in [0.2, 0.25) is 0 Å². The number of hydrogen-bond acceptors (Lipinski definition) is 8. The molecule has 4 rings (SSSR count). The van der Waals surface area contributed by atoms with Crippen LogP contribution in [-0.4, -0.2) is 42.4 Å². The minimum Gasteiger partial charge on any atom is -0.342 e. The minimum atomic E-state index is -2.26. The van der Waals surface area contributed by atoms with Crippen molar-refractivity contribution in [2.45, 2.75) is 13.0 Å². The number of aromatic nitrogens is 4. The van der Waals surface area contributed by atoms with E-state index < -0.39 is 9.73 Å². The van der Waals surface area contributed by atoms with Crippen LogP contribution in [0.2, 0.25) is 0 Å². The zero-order valence-electron chi connectivity index (χ0n) is 15.9. The average molecular weight is 447 g/mol. The monoisotopic (exact) mass is 446 g/mol. The van der Waals surface area contributed by atoms with Crippen molar-refractivity contribution in [3.63, 3.8) is 0 Å². The molecule has 1 N–H and O–H groups in total. The van der Waals surface area contributed by atoms with Crippen molar-refractivity contribution in [1.29, 1.82) is 0 Å². The van der Waals surface area contributed by atoms with Crippen LogP contribution < -0.4 is 5.32 Å². The highest BCUT2D eigenvalue weighted by atomic mass is 32.2.